The van der Waals surface area contributed by atoms with Crippen LogP contribution in [0.2, 0.25) is 0 Å². The maximum Gasteiger partial charge on any atom is 0.412 e. The summed E-state index contributed by atoms with van der Waals surface area (Å²) in [5.41, 5.74) is 1.93. The summed E-state index contributed by atoms with van der Waals surface area (Å²) in [7, 11) is 1.75. The summed E-state index contributed by atoms with van der Waals surface area (Å²) < 4.78 is 25.9. The lowest BCUT2D eigenvalue weighted by Crippen LogP contribution is -2.69. The van der Waals surface area contributed by atoms with E-state index in [9.17, 15) is 19.8 Å². The second-order valence-electron chi connectivity index (χ2n) is 17.8. The van der Waals surface area contributed by atoms with Gasteiger partial charge in [-0.15, -0.1) is 6.58 Å². The van der Waals surface area contributed by atoms with Crippen LogP contribution in [0.3, 0.4) is 0 Å². The highest BCUT2D eigenvalue weighted by Gasteiger charge is 2.65. The van der Waals surface area contributed by atoms with Crippen molar-refractivity contribution < 1.29 is 43.6 Å². The molecule has 3 N–H and O–H groups in total. The molecule has 1 aromatic carbocycles. The number of allylic oxidation sites excluding steroid dienone is 1. The molecular weight excluding hydrogens is 763 g/mol. The maximum atomic E-state index is 14.1. The van der Waals surface area contributed by atoms with E-state index in [0.29, 0.717) is 43.2 Å². The summed E-state index contributed by atoms with van der Waals surface area (Å²) in [6.07, 6.45) is 19.7. The zero-order chi connectivity index (χ0) is 43.5. The number of oxime groups is 1. The Morgan fingerprint density at radius 2 is 1.63 bits per heavy atom. The first-order valence-corrected chi connectivity index (χ1v) is 23.1. The van der Waals surface area contributed by atoms with Gasteiger partial charge < -0.3 is 44.2 Å². The fourth-order valence-electron chi connectivity index (χ4n) is 9.25. The minimum Gasteiger partial charge on any atom is -0.459 e. The van der Waals surface area contributed by atoms with Crippen molar-refractivity contribution in [2.24, 2.45) is 22.9 Å². The van der Waals surface area contributed by atoms with Crippen LogP contribution in [0.25, 0.3) is 0 Å². The van der Waals surface area contributed by atoms with Crippen LogP contribution in [0.5, 0.6) is 11.5 Å². The van der Waals surface area contributed by atoms with Gasteiger partial charge in [0.2, 0.25) is 5.79 Å². The number of aliphatic hydroxyl groups excluding tert-OH is 2. The number of ether oxygens (including phenoxy) is 4. The molecule has 1 aromatic rings. The number of unbranched alkanes of at least 4 members (excludes halogenated alkanes) is 11. The molecule has 1 saturated carbocycles. The number of aliphatic hydroxyl groups is 2. The van der Waals surface area contributed by atoms with Gasteiger partial charge in [-0.25, -0.2) is 9.59 Å². The summed E-state index contributed by atoms with van der Waals surface area (Å²) in [5, 5.41) is 27.3. The number of rotatable bonds is 26. The monoisotopic (exact) mass is 840 g/mol. The van der Waals surface area contributed by atoms with E-state index in [0.717, 1.165) is 56.1 Å². The van der Waals surface area contributed by atoms with Crippen molar-refractivity contribution in [3.05, 3.63) is 48.1 Å². The first kappa shape index (κ1) is 49.0. The van der Waals surface area contributed by atoms with Gasteiger partial charge in [-0.2, -0.15) is 0 Å². The van der Waals surface area contributed by atoms with Crippen LogP contribution in [0.15, 0.2) is 47.7 Å². The van der Waals surface area contributed by atoms with Crippen molar-refractivity contribution in [3.8, 4) is 11.5 Å². The summed E-state index contributed by atoms with van der Waals surface area (Å²) >= 11 is 0. The minimum atomic E-state index is -1.39. The van der Waals surface area contributed by atoms with Gasteiger partial charge in [0.1, 0.15) is 23.1 Å². The smallest absolute Gasteiger partial charge is 0.412 e. The van der Waals surface area contributed by atoms with Crippen LogP contribution in [-0.4, -0.2) is 90.5 Å². The third-order valence-corrected chi connectivity index (χ3v) is 12.1. The molecule has 4 rings (SSSR count). The number of amides is 2. The second-order valence-corrected chi connectivity index (χ2v) is 17.8. The largest absolute Gasteiger partial charge is 0.459 e. The van der Waals surface area contributed by atoms with Crippen molar-refractivity contribution in [1.82, 2.24) is 10.2 Å². The fraction of sp³-hybridized carbons (Fsp3) is 0.729. The molecule has 3 aliphatic rings. The lowest BCUT2D eigenvalue weighted by molar-refractivity contribution is -0.253. The molecule has 0 unspecified atom stereocenters. The number of likely N-dealkylation sites (N-methyl/N-ethyl adjacent to an activating group) is 1. The highest BCUT2D eigenvalue weighted by molar-refractivity contribution is 6.03. The Kier molecular flexibility index (Phi) is 20.2. The highest BCUT2D eigenvalue weighted by atomic mass is 16.7. The van der Waals surface area contributed by atoms with Gasteiger partial charge in [0.15, 0.2) is 0 Å². The van der Waals surface area contributed by atoms with Crippen LogP contribution in [0.1, 0.15) is 155 Å². The van der Waals surface area contributed by atoms with Crippen molar-refractivity contribution in [1.29, 1.82) is 0 Å². The number of nitrogens with one attached hydrogen (secondary N) is 1. The van der Waals surface area contributed by atoms with Crippen molar-refractivity contribution in [3.63, 3.8) is 0 Å². The Hall–Kier alpha value is -3.61. The van der Waals surface area contributed by atoms with E-state index in [1.165, 1.54) is 44.9 Å². The van der Waals surface area contributed by atoms with E-state index < -0.39 is 35.5 Å². The van der Waals surface area contributed by atoms with Crippen LogP contribution >= 0.6 is 0 Å². The SMILES string of the molecule is C=CCO[C@@]12Oc3ccc(OC(=O)NCC)cc3[C@H]3[C@H](CCCCO)[C@@H](CCCCO)C=C(C(=NOC(C)(C)C)C[C@@H]1N(C)C(=O)OCCCCCCCCCCCC)[C@H]32. The number of nitrogens with zero attached hydrogens (tertiary/aromatic N) is 2. The number of hydrogen-bond donors (Lipinski definition) is 3. The first-order chi connectivity index (χ1) is 28.9. The Morgan fingerprint density at radius 3 is 2.27 bits per heavy atom. The molecule has 1 fully saturated rings. The number of carbonyl (C=O) groups excluding carboxylic acids is 2. The van der Waals surface area contributed by atoms with E-state index in [1.807, 2.05) is 39.8 Å². The van der Waals surface area contributed by atoms with E-state index in [1.54, 1.807) is 24.1 Å². The minimum absolute atomic E-state index is 0.0372. The lowest BCUT2D eigenvalue weighted by Gasteiger charge is -2.59. The normalized spacial score (nSPS) is 23.8. The van der Waals surface area contributed by atoms with E-state index in [4.69, 9.17) is 28.9 Å². The predicted molar refractivity (Wildman–Crippen MR) is 236 cm³/mol. The summed E-state index contributed by atoms with van der Waals surface area (Å²) in [6, 6.07) is 4.76. The number of fused-ring (bicyclic) bond motifs is 2. The van der Waals surface area contributed by atoms with Gasteiger partial charge in [0.05, 0.1) is 24.8 Å². The number of hydrogen-bond acceptors (Lipinski definition) is 10. The molecule has 0 saturated heterocycles. The molecule has 12 heteroatoms. The van der Waals surface area contributed by atoms with Crippen molar-refractivity contribution >= 4 is 17.9 Å². The van der Waals surface area contributed by atoms with E-state index in [2.05, 4.69) is 24.9 Å². The molecule has 60 heavy (non-hydrogen) atoms. The van der Waals surface area contributed by atoms with E-state index >= 15 is 0 Å². The molecule has 0 radical (unpaired) electrons. The summed E-state index contributed by atoms with van der Waals surface area (Å²) in [5.74, 6) is -1.04. The second kappa shape index (κ2) is 24.7. The third-order valence-electron chi connectivity index (χ3n) is 12.1. The summed E-state index contributed by atoms with van der Waals surface area (Å²) in [6.45, 7) is 15.0. The van der Waals surface area contributed by atoms with Crippen molar-refractivity contribution in [2.45, 2.75) is 167 Å². The van der Waals surface area contributed by atoms with Gasteiger partial charge in [-0.05, 0) is 95.4 Å². The molecule has 0 bridgehead atoms. The van der Waals surface area contributed by atoms with Crippen molar-refractivity contribution in [2.75, 3.05) is 40.0 Å². The third kappa shape index (κ3) is 13.4. The maximum absolute atomic E-state index is 14.1. The molecule has 0 aromatic heterocycles. The molecule has 2 amide bonds. The average Bonchev–Trinajstić information content (AvgIpc) is 3.22. The van der Waals surface area contributed by atoms with Gasteiger partial charge in [0, 0.05) is 44.7 Å². The van der Waals surface area contributed by atoms with Crippen LogP contribution in [0, 0.1) is 17.8 Å². The lowest BCUT2D eigenvalue weighted by atomic mass is 9.55. The van der Waals surface area contributed by atoms with Gasteiger partial charge in [0.25, 0.3) is 0 Å². The molecule has 12 nitrogen and oxygen atoms in total. The Bertz CT molecular complexity index is 1560. The molecule has 0 spiro atoms. The molecule has 2 aliphatic carbocycles. The Labute approximate surface area is 360 Å². The van der Waals surface area contributed by atoms with E-state index in [-0.39, 0.29) is 44.0 Å². The highest BCUT2D eigenvalue weighted by Crippen LogP contribution is 2.62. The predicted octanol–water partition coefficient (Wildman–Crippen LogP) is 10.2. The number of carbonyl (C=O) groups is 2. The average molecular weight is 840 g/mol. The standard InChI is InChI=1S/C48H77N3O9/c1-8-11-12-13-14-15-16-17-18-23-31-56-46(55)51(7)42-34-40(50-60-47(4,5)6)38-32-35(24-19-21-28-52)37(25-20-22-29-53)43-39-33-36(58-45(54)49-10-3)26-27-41(39)59-48(42,44(38)43)57-30-9-2/h9,26-27,32-33,35,37,42-44,52-53H,2,8,10-25,28-31,34H2,1,3-7H3,(H,49,54)/t35-,37+,42-,43+,44+,48+/m0/s1. The molecule has 6 atom stereocenters. The fourth-order valence-corrected chi connectivity index (χ4v) is 9.25. The first-order valence-electron chi connectivity index (χ1n) is 23.1. The van der Waals surface area contributed by atoms with Gasteiger partial charge in [-0.1, -0.05) is 94.9 Å². The molecule has 1 aliphatic heterocycles. The van der Waals surface area contributed by atoms with Crippen LogP contribution in [-0.2, 0) is 14.3 Å². The number of benzene rings is 1. The van der Waals surface area contributed by atoms with Crippen LogP contribution in [0.4, 0.5) is 9.59 Å². The summed E-state index contributed by atoms with van der Waals surface area (Å²) in [4.78, 5) is 34.6. The quantitative estimate of drug-likeness (QED) is 0.0471. The van der Waals surface area contributed by atoms with Gasteiger partial charge in [-0.3, -0.25) is 0 Å². The Morgan fingerprint density at radius 1 is 0.967 bits per heavy atom. The molecule has 1 heterocycles. The Balaban J connectivity index is 1.78. The van der Waals surface area contributed by atoms with Gasteiger partial charge >= 0.3 is 12.2 Å². The zero-order valence-electron chi connectivity index (χ0n) is 37.7. The van der Waals surface area contributed by atoms with Crippen LogP contribution < -0.4 is 14.8 Å². The zero-order valence-corrected chi connectivity index (χ0v) is 37.7. The molecular formula is C48H77N3O9. The topological polar surface area (TPSA) is 148 Å². The molecule has 338 valence electrons.